The molecule has 1 unspecified atom stereocenters. The Bertz CT molecular complexity index is 1060. The third kappa shape index (κ3) is 5.23. The van der Waals surface area contributed by atoms with E-state index in [2.05, 4.69) is 29.1 Å². The summed E-state index contributed by atoms with van der Waals surface area (Å²) in [5, 5.41) is 2.97. The highest BCUT2D eigenvalue weighted by Crippen LogP contribution is 2.18. The van der Waals surface area contributed by atoms with E-state index in [1.165, 1.54) is 17.7 Å². The molecule has 0 aliphatic rings. The predicted octanol–water partition coefficient (Wildman–Crippen LogP) is 4.54. The van der Waals surface area contributed by atoms with E-state index in [1.54, 1.807) is 42.5 Å². The Morgan fingerprint density at radius 2 is 1.52 bits per heavy atom. The standard InChI is InChI=1S/C23H24N2O3S/c1-3-18-9-11-19(12-10-18)17(2)24-23(26)20-13-15-21(16-14-20)25-29(27,28)22-7-5-4-6-8-22/h4-17,25H,3H2,1-2H3,(H,24,26). The molecule has 5 nitrogen and oxygen atoms in total. The number of rotatable bonds is 7. The molecule has 3 aromatic carbocycles. The number of carbonyl (C=O) groups excluding carboxylic acids is 1. The third-order valence-corrected chi connectivity index (χ3v) is 6.09. The van der Waals surface area contributed by atoms with Crippen LogP contribution in [0, 0.1) is 0 Å². The van der Waals surface area contributed by atoms with Gasteiger partial charge in [0.25, 0.3) is 15.9 Å². The van der Waals surface area contributed by atoms with Crippen LogP contribution in [-0.2, 0) is 16.4 Å². The van der Waals surface area contributed by atoms with Crippen molar-refractivity contribution in [3.05, 3.63) is 95.6 Å². The minimum atomic E-state index is -3.66. The Balaban J connectivity index is 1.65. The van der Waals surface area contributed by atoms with Crippen molar-refractivity contribution in [1.29, 1.82) is 0 Å². The molecule has 0 heterocycles. The number of hydrogen-bond acceptors (Lipinski definition) is 3. The van der Waals surface area contributed by atoms with Gasteiger partial charge in [0.2, 0.25) is 0 Å². The number of hydrogen-bond donors (Lipinski definition) is 2. The summed E-state index contributed by atoms with van der Waals surface area (Å²) in [4.78, 5) is 12.7. The number of amides is 1. The van der Waals surface area contributed by atoms with Gasteiger partial charge in [0, 0.05) is 11.3 Å². The summed E-state index contributed by atoms with van der Waals surface area (Å²) in [5.74, 6) is -0.213. The highest BCUT2D eigenvalue weighted by molar-refractivity contribution is 7.92. The Morgan fingerprint density at radius 1 is 0.897 bits per heavy atom. The number of aryl methyl sites for hydroxylation is 1. The van der Waals surface area contributed by atoms with Crippen LogP contribution in [0.3, 0.4) is 0 Å². The normalized spacial score (nSPS) is 12.2. The molecule has 6 heteroatoms. The zero-order valence-electron chi connectivity index (χ0n) is 16.4. The van der Waals surface area contributed by atoms with Crippen LogP contribution >= 0.6 is 0 Å². The van der Waals surface area contributed by atoms with E-state index in [0.717, 1.165) is 12.0 Å². The molecule has 0 radical (unpaired) electrons. The van der Waals surface area contributed by atoms with Gasteiger partial charge in [-0.1, -0.05) is 49.4 Å². The summed E-state index contributed by atoms with van der Waals surface area (Å²) in [6, 6.07) is 22.5. The van der Waals surface area contributed by atoms with E-state index in [-0.39, 0.29) is 16.8 Å². The Hall–Kier alpha value is -3.12. The second-order valence-corrected chi connectivity index (χ2v) is 8.47. The first kappa shape index (κ1) is 20.6. The minimum Gasteiger partial charge on any atom is -0.346 e. The SMILES string of the molecule is CCc1ccc(C(C)NC(=O)c2ccc(NS(=O)(=O)c3ccccc3)cc2)cc1. The molecule has 1 atom stereocenters. The summed E-state index contributed by atoms with van der Waals surface area (Å²) < 4.78 is 27.3. The van der Waals surface area contributed by atoms with E-state index in [4.69, 9.17) is 0 Å². The number of carbonyl (C=O) groups is 1. The maximum absolute atomic E-state index is 12.5. The van der Waals surface area contributed by atoms with E-state index in [0.29, 0.717) is 11.3 Å². The van der Waals surface area contributed by atoms with Crippen LogP contribution < -0.4 is 10.0 Å². The molecule has 0 fully saturated rings. The average Bonchev–Trinajstić information content (AvgIpc) is 2.74. The van der Waals surface area contributed by atoms with Gasteiger partial charge in [0.15, 0.2) is 0 Å². The Morgan fingerprint density at radius 3 is 2.10 bits per heavy atom. The number of anilines is 1. The van der Waals surface area contributed by atoms with E-state index >= 15 is 0 Å². The molecule has 2 N–H and O–H groups in total. The van der Waals surface area contributed by atoms with E-state index < -0.39 is 10.0 Å². The molecule has 3 rings (SSSR count). The maximum Gasteiger partial charge on any atom is 0.261 e. The third-order valence-electron chi connectivity index (χ3n) is 4.69. The fourth-order valence-electron chi connectivity index (χ4n) is 2.91. The van der Waals surface area contributed by atoms with Crippen LogP contribution in [0.4, 0.5) is 5.69 Å². The van der Waals surface area contributed by atoms with Crippen molar-refractivity contribution < 1.29 is 13.2 Å². The molecule has 150 valence electrons. The number of sulfonamides is 1. The van der Waals surface area contributed by atoms with Gasteiger partial charge in [-0.25, -0.2) is 8.42 Å². The average molecular weight is 409 g/mol. The molecule has 0 aliphatic heterocycles. The lowest BCUT2D eigenvalue weighted by Crippen LogP contribution is -2.26. The number of benzene rings is 3. The van der Waals surface area contributed by atoms with Crippen molar-refractivity contribution in [1.82, 2.24) is 5.32 Å². The van der Waals surface area contributed by atoms with Crippen molar-refractivity contribution >= 4 is 21.6 Å². The van der Waals surface area contributed by atoms with Gasteiger partial charge in [-0.05, 0) is 60.9 Å². The molecular formula is C23H24N2O3S. The molecule has 0 saturated carbocycles. The molecule has 0 saturated heterocycles. The highest BCUT2D eigenvalue weighted by Gasteiger charge is 2.15. The first-order valence-electron chi connectivity index (χ1n) is 9.46. The summed E-state index contributed by atoms with van der Waals surface area (Å²) in [6.07, 6.45) is 0.974. The second-order valence-electron chi connectivity index (χ2n) is 6.79. The number of nitrogens with one attached hydrogen (secondary N) is 2. The van der Waals surface area contributed by atoms with E-state index in [1.807, 2.05) is 19.1 Å². The molecule has 0 aromatic heterocycles. The molecule has 0 aliphatic carbocycles. The van der Waals surface area contributed by atoms with Crippen LogP contribution in [0.2, 0.25) is 0 Å². The zero-order chi connectivity index (χ0) is 20.9. The van der Waals surface area contributed by atoms with E-state index in [9.17, 15) is 13.2 Å². The molecule has 0 bridgehead atoms. The fourth-order valence-corrected chi connectivity index (χ4v) is 3.99. The molecular weight excluding hydrogens is 384 g/mol. The highest BCUT2D eigenvalue weighted by atomic mass is 32.2. The van der Waals surface area contributed by atoms with Crippen LogP contribution in [0.5, 0.6) is 0 Å². The zero-order valence-corrected chi connectivity index (χ0v) is 17.2. The summed E-state index contributed by atoms with van der Waals surface area (Å²) in [5.41, 5.74) is 3.14. The van der Waals surface area contributed by atoms with Gasteiger partial charge in [-0.15, -0.1) is 0 Å². The largest absolute Gasteiger partial charge is 0.346 e. The van der Waals surface area contributed by atoms with Crippen LogP contribution in [0.25, 0.3) is 0 Å². The van der Waals surface area contributed by atoms with Crippen molar-refractivity contribution in [3.8, 4) is 0 Å². The quantitative estimate of drug-likeness (QED) is 0.603. The molecule has 0 spiro atoms. The molecule has 29 heavy (non-hydrogen) atoms. The first-order valence-corrected chi connectivity index (χ1v) is 10.9. The van der Waals surface area contributed by atoms with Gasteiger partial charge in [-0.3, -0.25) is 9.52 Å². The fraction of sp³-hybridized carbons (Fsp3) is 0.174. The topological polar surface area (TPSA) is 75.3 Å². The lowest BCUT2D eigenvalue weighted by Gasteiger charge is -2.15. The predicted molar refractivity (Wildman–Crippen MR) is 115 cm³/mol. The van der Waals surface area contributed by atoms with Gasteiger partial charge >= 0.3 is 0 Å². The first-order chi connectivity index (χ1) is 13.9. The maximum atomic E-state index is 12.5. The lowest BCUT2D eigenvalue weighted by molar-refractivity contribution is 0.0940. The van der Waals surface area contributed by atoms with Crippen LogP contribution in [0.1, 0.15) is 41.4 Å². The summed E-state index contributed by atoms with van der Waals surface area (Å²) in [6.45, 7) is 4.03. The lowest BCUT2D eigenvalue weighted by atomic mass is 10.0. The van der Waals surface area contributed by atoms with Gasteiger partial charge in [-0.2, -0.15) is 0 Å². The molecule has 1 amide bonds. The van der Waals surface area contributed by atoms with Gasteiger partial charge in [0.1, 0.15) is 0 Å². The smallest absolute Gasteiger partial charge is 0.261 e. The summed E-state index contributed by atoms with van der Waals surface area (Å²) >= 11 is 0. The molecule has 3 aromatic rings. The van der Waals surface area contributed by atoms with Gasteiger partial charge < -0.3 is 5.32 Å². The second kappa shape index (κ2) is 8.92. The van der Waals surface area contributed by atoms with Crippen LogP contribution in [0.15, 0.2) is 83.8 Å². The van der Waals surface area contributed by atoms with Crippen molar-refractivity contribution in [2.45, 2.75) is 31.2 Å². The van der Waals surface area contributed by atoms with Crippen molar-refractivity contribution in [3.63, 3.8) is 0 Å². The van der Waals surface area contributed by atoms with Crippen molar-refractivity contribution in [2.75, 3.05) is 4.72 Å². The van der Waals surface area contributed by atoms with Gasteiger partial charge in [0.05, 0.1) is 10.9 Å². The van der Waals surface area contributed by atoms with Crippen LogP contribution in [-0.4, -0.2) is 14.3 Å². The minimum absolute atomic E-state index is 0.135. The monoisotopic (exact) mass is 408 g/mol. The van der Waals surface area contributed by atoms with Crippen molar-refractivity contribution in [2.24, 2.45) is 0 Å². The summed E-state index contributed by atoms with van der Waals surface area (Å²) in [7, 11) is -3.66. The Kier molecular flexibility index (Phi) is 6.34. The Labute approximate surface area is 171 Å².